The molecular formula is C14H18O2. The van der Waals surface area contributed by atoms with Crippen molar-refractivity contribution in [3.8, 4) is 5.75 Å². The Labute approximate surface area is 96.9 Å². The van der Waals surface area contributed by atoms with E-state index in [0.717, 1.165) is 5.75 Å². The molecule has 0 N–H and O–H groups in total. The number of benzene rings is 1. The fourth-order valence-corrected chi connectivity index (χ4v) is 1.88. The van der Waals surface area contributed by atoms with Crippen molar-refractivity contribution in [1.82, 2.24) is 0 Å². The van der Waals surface area contributed by atoms with Gasteiger partial charge in [-0.3, -0.25) is 0 Å². The van der Waals surface area contributed by atoms with E-state index in [2.05, 4.69) is 45.0 Å². The molecule has 16 heavy (non-hydrogen) atoms. The summed E-state index contributed by atoms with van der Waals surface area (Å²) in [5.41, 5.74) is 3.62. The van der Waals surface area contributed by atoms with Crippen LogP contribution in [0.25, 0.3) is 0 Å². The first-order chi connectivity index (χ1) is 7.68. The lowest BCUT2D eigenvalue weighted by Crippen LogP contribution is -2.28. The molecule has 1 aromatic rings. The minimum Gasteiger partial charge on any atom is -0.483 e. The Morgan fingerprint density at radius 3 is 2.50 bits per heavy atom. The van der Waals surface area contributed by atoms with Crippen LogP contribution >= 0.6 is 0 Å². The van der Waals surface area contributed by atoms with Crippen LogP contribution in [0.4, 0.5) is 0 Å². The maximum absolute atomic E-state index is 6.04. The van der Waals surface area contributed by atoms with Gasteiger partial charge in [-0.05, 0) is 37.5 Å². The van der Waals surface area contributed by atoms with Crippen LogP contribution in [0.3, 0.4) is 0 Å². The zero-order chi connectivity index (χ0) is 11.5. The molecule has 0 saturated carbocycles. The number of para-hydroxylation sites is 1. The molecule has 0 amide bonds. The average Bonchev–Trinajstić information content (AvgIpc) is 2.26. The van der Waals surface area contributed by atoms with Gasteiger partial charge in [0.15, 0.2) is 0 Å². The number of rotatable bonds is 2. The molecule has 0 fully saturated rings. The molecule has 86 valence electrons. The van der Waals surface area contributed by atoms with Crippen LogP contribution in [0.1, 0.15) is 18.1 Å². The first-order valence-electron chi connectivity index (χ1n) is 5.66. The zero-order valence-corrected chi connectivity index (χ0v) is 10.1. The number of hydrogen-bond donors (Lipinski definition) is 0. The minimum atomic E-state index is 0.0635. The third kappa shape index (κ3) is 2.27. The molecule has 0 aromatic heterocycles. The van der Waals surface area contributed by atoms with Gasteiger partial charge in [-0.1, -0.05) is 24.3 Å². The molecule has 0 spiro atoms. The minimum absolute atomic E-state index is 0.0635. The van der Waals surface area contributed by atoms with Crippen LogP contribution in [0, 0.1) is 13.8 Å². The van der Waals surface area contributed by atoms with E-state index in [4.69, 9.17) is 9.47 Å². The predicted octanol–water partition coefficient (Wildman–Crippen LogP) is 3.03. The SMILES string of the molecule is CC1=CCOCC1Oc1c(C)cccc1C. The summed E-state index contributed by atoms with van der Waals surface area (Å²) < 4.78 is 11.4. The van der Waals surface area contributed by atoms with E-state index in [1.54, 1.807) is 0 Å². The molecule has 0 bridgehead atoms. The molecule has 2 heteroatoms. The molecule has 1 heterocycles. The molecule has 2 nitrogen and oxygen atoms in total. The zero-order valence-electron chi connectivity index (χ0n) is 10.1. The smallest absolute Gasteiger partial charge is 0.143 e. The van der Waals surface area contributed by atoms with Crippen molar-refractivity contribution in [3.05, 3.63) is 41.0 Å². The van der Waals surface area contributed by atoms with Gasteiger partial charge in [0, 0.05) is 0 Å². The van der Waals surface area contributed by atoms with Crippen molar-refractivity contribution in [2.24, 2.45) is 0 Å². The Morgan fingerprint density at radius 1 is 1.19 bits per heavy atom. The van der Waals surface area contributed by atoms with Crippen LogP contribution in [-0.2, 0) is 4.74 Å². The molecule has 1 aliphatic rings. The summed E-state index contributed by atoms with van der Waals surface area (Å²) in [6.07, 6.45) is 2.15. The lowest BCUT2D eigenvalue weighted by molar-refractivity contribution is 0.0674. The van der Waals surface area contributed by atoms with Gasteiger partial charge in [-0.2, -0.15) is 0 Å². The van der Waals surface area contributed by atoms with Crippen molar-refractivity contribution in [3.63, 3.8) is 0 Å². The van der Waals surface area contributed by atoms with Crippen molar-refractivity contribution < 1.29 is 9.47 Å². The molecule has 2 rings (SSSR count). The highest BCUT2D eigenvalue weighted by atomic mass is 16.5. The Hall–Kier alpha value is -1.28. The standard InChI is InChI=1S/C14H18O2/c1-10-7-8-15-9-13(10)16-14-11(2)5-4-6-12(14)3/h4-7,13H,8-9H2,1-3H3. The summed E-state index contributed by atoms with van der Waals surface area (Å²) in [4.78, 5) is 0. The largest absolute Gasteiger partial charge is 0.483 e. The highest BCUT2D eigenvalue weighted by Gasteiger charge is 2.18. The lowest BCUT2D eigenvalue weighted by Gasteiger charge is -2.25. The van der Waals surface area contributed by atoms with Crippen molar-refractivity contribution in [2.45, 2.75) is 26.9 Å². The third-order valence-corrected chi connectivity index (χ3v) is 2.97. The van der Waals surface area contributed by atoms with Gasteiger partial charge in [0.05, 0.1) is 13.2 Å². The van der Waals surface area contributed by atoms with Crippen molar-refractivity contribution >= 4 is 0 Å². The Kier molecular flexibility index (Phi) is 3.30. The Balaban J connectivity index is 2.20. The summed E-state index contributed by atoms with van der Waals surface area (Å²) in [5.74, 6) is 0.991. The molecule has 1 aliphatic heterocycles. The summed E-state index contributed by atoms with van der Waals surface area (Å²) in [5, 5.41) is 0. The van der Waals surface area contributed by atoms with E-state index in [-0.39, 0.29) is 6.10 Å². The van der Waals surface area contributed by atoms with Crippen molar-refractivity contribution in [1.29, 1.82) is 0 Å². The van der Waals surface area contributed by atoms with Crippen LogP contribution in [0.5, 0.6) is 5.75 Å². The molecule has 0 aliphatic carbocycles. The fraction of sp³-hybridized carbons (Fsp3) is 0.429. The van der Waals surface area contributed by atoms with E-state index in [1.807, 2.05) is 0 Å². The summed E-state index contributed by atoms with van der Waals surface area (Å²) in [6, 6.07) is 6.20. The highest BCUT2D eigenvalue weighted by molar-refractivity contribution is 5.40. The third-order valence-electron chi connectivity index (χ3n) is 2.97. The van der Waals surface area contributed by atoms with E-state index < -0.39 is 0 Å². The monoisotopic (exact) mass is 218 g/mol. The second kappa shape index (κ2) is 4.71. The molecule has 1 aromatic carbocycles. The van der Waals surface area contributed by atoms with Crippen molar-refractivity contribution in [2.75, 3.05) is 13.2 Å². The summed E-state index contributed by atoms with van der Waals surface area (Å²) in [6.45, 7) is 7.60. The maximum Gasteiger partial charge on any atom is 0.143 e. The fourth-order valence-electron chi connectivity index (χ4n) is 1.88. The lowest BCUT2D eigenvalue weighted by atomic mass is 10.1. The number of hydrogen-bond acceptors (Lipinski definition) is 2. The van der Waals surface area contributed by atoms with E-state index in [0.29, 0.717) is 13.2 Å². The summed E-state index contributed by atoms with van der Waals surface area (Å²) >= 11 is 0. The number of aryl methyl sites for hydroxylation is 2. The molecule has 0 saturated heterocycles. The summed E-state index contributed by atoms with van der Waals surface area (Å²) in [7, 11) is 0. The molecule has 1 unspecified atom stereocenters. The van der Waals surface area contributed by atoms with Gasteiger partial charge >= 0.3 is 0 Å². The second-order valence-corrected chi connectivity index (χ2v) is 4.31. The maximum atomic E-state index is 6.04. The molecule has 1 atom stereocenters. The normalized spacial score (nSPS) is 20.4. The Morgan fingerprint density at radius 2 is 1.88 bits per heavy atom. The van der Waals surface area contributed by atoms with E-state index in [1.165, 1.54) is 16.7 Å². The number of ether oxygens (including phenoxy) is 2. The predicted molar refractivity (Wildman–Crippen MR) is 64.9 cm³/mol. The van der Waals surface area contributed by atoms with Crippen LogP contribution in [0.15, 0.2) is 29.8 Å². The molecule has 0 radical (unpaired) electrons. The van der Waals surface area contributed by atoms with Crippen LogP contribution < -0.4 is 4.74 Å². The quantitative estimate of drug-likeness (QED) is 0.710. The average molecular weight is 218 g/mol. The van der Waals surface area contributed by atoms with Gasteiger partial charge in [-0.25, -0.2) is 0 Å². The Bertz CT molecular complexity index is 387. The van der Waals surface area contributed by atoms with Gasteiger partial charge in [0.2, 0.25) is 0 Å². The van der Waals surface area contributed by atoms with E-state index >= 15 is 0 Å². The topological polar surface area (TPSA) is 18.5 Å². The first-order valence-corrected chi connectivity index (χ1v) is 5.66. The van der Waals surface area contributed by atoms with Gasteiger partial charge in [-0.15, -0.1) is 0 Å². The second-order valence-electron chi connectivity index (χ2n) is 4.31. The molecular weight excluding hydrogens is 200 g/mol. The van der Waals surface area contributed by atoms with Gasteiger partial charge in [0.1, 0.15) is 11.9 Å². The van der Waals surface area contributed by atoms with Crippen LogP contribution in [0.2, 0.25) is 0 Å². The first kappa shape index (κ1) is 11.2. The van der Waals surface area contributed by atoms with Crippen LogP contribution in [-0.4, -0.2) is 19.3 Å². The van der Waals surface area contributed by atoms with Gasteiger partial charge < -0.3 is 9.47 Å². The van der Waals surface area contributed by atoms with Gasteiger partial charge in [0.25, 0.3) is 0 Å². The van der Waals surface area contributed by atoms with E-state index in [9.17, 15) is 0 Å². The highest BCUT2D eigenvalue weighted by Crippen LogP contribution is 2.25.